The molecule has 24 heavy (non-hydrogen) atoms. The minimum Gasteiger partial charge on any atom is -0.497 e. The molecule has 0 radical (unpaired) electrons. The number of benzene rings is 2. The van der Waals surface area contributed by atoms with Crippen LogP contribution in [-0.2, 0) is 13.1 Å². The first-order valence-electron chi connectivity index (χ1n) is 8.16. The van der Waals surface area contributed by atoms with E-state index in [4.69, 9.17) is 27.9 Å². The zero-order chi connectivity index (χ0) is 16.9. The van der Waals surface area contributed by atoms with Gasteiger partial charge in [0.2, 0.25) is 0 Å². The molecule has 0 aliphatic carbocycles. The van der Waals surface area contributed by atoms with Gasteiger partial charge in [0, 0.05) is 54.9 Å². The highest BCUT2D eigenvalue weighted by molar-refractivity contribution is 6.35. The van der Waals surface area contributed by atoms with Crippen molar-refractivity contribution in [1.82, 2.24) is 9.80 Å². The van der Waals surface area contributed by atoms with Crippen LogP contribution in [-0.4, -0.2) is 43.1 Å². The molecule has 1 heterocycles. The van der Waals surface area contributed by atoms with Crippen molar-refractivity contribution in [2.75, 3.05) is 33.3 Å². The van der Waals surface area contributed by atoms with E-state index in [-0.39, 0.29) is 0 Å². The molecule has 0 atom stereocenters. The summed E-state index contributed by atoms with van der Waals surface area (Å²) in [6, 6.07) is 14.0. The predicted molar refractivity (Wildman–Crippen MR) is 100 cm³/mol. The van der Waals surface area contributed by atoms with Crippen LogP contribution in [0.4, 0.5) is 0 Å². The largest absolute Gasteiger partial charge is 0.497 e. The van der Waals surface area contributed by atoms with E-state index >= 15 is 0 Å². The first-order valence-corrected chi connectivity index (χ1v) is 8.92. The summed E-state index contributed by atoms with van der Waals surface area (Å²) in [5.74, 6) is 0.916. The number of piperazine rings is 1. The van der Waals surface area contributed by atoms with Gasteiger partial charge in [0.05, 0.1) is 7.11 Å². The van der Waals surface area contributed by atoms with Gasteiger partial charge in [0.1, 0.15) is 5.75 Å². The van der Waals surface area contributed by atoms with Gasteiger partial charge in [-0.3, -0.25) is 9.80 Å². The van der Waals surface area contributed by atoms with Gasteiger partial charge in [0.25, 0.3) is 0 Å². The van der Waals surface area contributed by atoms with Gasteiger partial charge in [0.15, 0.2) is 0 Å². The Balaban J connectivity index is 1.54. The summed E-state index contributed by atoms with van der Waals surface area (Å²) in [4.78, 5) is 4.88. The SMILES string of the molecule is COc1cccc(CN2CCN(Cc3c(Cl)cccc3Cl)CC2)c1. The van der Waals surface area contributed by atoms with Gasteiger partial charge in [-0.15, -0.1) is 0 Å². The molecule has 0 aromatic heterocycles. The second-order valence-corrected chi connectivity index (χ2v) is 6.92. The van der Waals surface area contributed by atoms with Crippen molar-refractivity contribution in [2.45, 2.75) is 13.1 Å². The average Bonchev–Trinajstić information content (AvgIpc) is 2.60. The number of ether oxygens (including phenoxy) is 1. The van der Waals surface area contributed by atoms with Gasteiger partial charge in [-0.2, -0.15) is 0 Å². The lowest BCUT2D eigenvalue weighted by molar-refractivity contribution is 0.122. The molecule has 1 saturated heterocycles. The fourth-order valence-corrected chi connectivity index (χ4v) is 3.56. The van der Waals surface area contributed by atoms with Crippen LogP contribution in [0, 0.1) is 0 Å². The summed E-state index contributed by atoms with van der Waals surface area (Å²) in [6.07, 6.45) is 0. The van der Waals surface area contributed by atoms with E-state index in [2.05, 4.69) is 21.9 Å². The topological polar surface area (TPSA) is 15.7 Å². The number of hydrogen-bond acceptors (Lipinski definition) is 3. The lowest BCUT2D eigenvalue weighted by atomic mass is 10.1. The van der Waals surface area contributed by atoms with Gasteiger partial charge in [-0.05, 0) is 29.8 Å². The molecule has 1 aliphatic heterocycles. The quantitative estimate of drug-likeness (QED) is 0.785. The molecule has 3 nitrogen and oxygen atoms in total. The molecule has 2 aromatic rings. The third kappa shape index (κ3) is 4.42. The van der Waals surface area contributed by atoms with Crippen LogP contribution in [0.25, 0.3) is 0 Å². The molecule has 0 amide bonds. The van der Waals surface area contributed by atoms with E-state index in [1.165, 1.54) is 5.56 Å². The normalized spacial score (nSPS) is 16.3. The third-order valence-corrected chi connectivity index (χ3v) is 5.16. The Morgan fingerprint density at radius 3 is 2.08 bits per heavy atom. The molecule has 0 spiro atoms. The summed E-state index contributed by atoms with van der Waals surface area (Å²) in [7, 11) is 1.71. The Kier molecular flexibility index (Phi) is 6.01. The molecule has 1 fully saturated rings. The summed E-state index contributed by atoms with van der Waals surface area (Å²) in [6.45, 7) is 5.89. The minimum atomic E-state index is 0.751. The fraction of sp³-hybridized carbons (Fsp3) is 0.368. The Morgan fingerprint density at radius 2 is 1.46 bits per heavy atom. The number of methoxy groups -OCH3 is 1. The summed E-state index contributed by atoms with van der Waals surface area (Å²) < 4.78 is 5.30. The van der Waals surface area contributed by atoms with Crippen molar-refractivity contribution in [3.63, 3.8) is 0 Å². The highest BCUT2D eigenvalue weighted by Gasteiger charge is 2.19. The Bertz CT molecular complexity index is 665. The van der Waals surface area contributed by atoms with Crippen LogP contribution in [0.5, 0.6) is 5.75 Å². The lowest BCUT2D eigenvalue weighted by Gasteiger charge is -2.35. The fourth-order valence-electron chi connectivity index (χ4n) is 3.04. The standard InChI is InChI=1S/C19H22Cl2N2O/c1-24-16-5-2-4-15(12-16)13-22-8-10-23(11-9-22)14-17-18(20)6-3-7-19(17)21/h2-7,12H,8-11,13-14H2,1H3. The van der Waals surface area contributed by atoms with Gasteiger partial charge >= 0.3 is 0 Å². The van der Waals surface area contributed by atoms with Crippen molar-refractivity contribution < 1.29 is 4.74 Å². The smallest absolute Gasteiger partial charge is 0.119 e. The maximum atomic E-state index is 6.28. The Hall–Kier alpha value is -1.26. The molecule has 1 aliphatic rings. The molecule has 5 heteroatoms. The second kappa shape index (κ2) is 8.21. The minimum absolute atomic E-state index is 0.751. The van der Waals surface area contributed by atoms with Crippen LogP contribution < -0.4 is 4.74 Å². The molecule has 0 bridgehead atoms. The summed E-state index contributed by atoms with van der Waals surface area (Å²) in [5.41, 5.74) is 2.32. The molecule has 0 unspecified atom stereocenters. The number of hydrogen-bond donors (Lipinski definition) is 0. The van der Waals surface area contributed by atoms with Gasteiger partial charge in [-0.25, -0.2) is 0 Å². The summed E-state index contributed by atoms with van der Waals surface area (Å²) >= 11 is 12.6. The van der Waals surface area contributed by atoms with E-state index in [9.17, 15) is 0 Å². The van der Waals surface area contributed by atoms with Crippen molar-refractivity contribution in [2.24, 2.45) is 0 Å². The van der Waals surface area contributed by atoms with E-state index in [0.717, 1.165) is 60.6 Å². The lowest BCUT2D eigenvalue weighted by Crippen LogP contribution is -2.45. The van der Waals surface area contributed by atoms with Crippen molar-refractivity contribution in [3.05, 3.63) is 63.6 Å². The van der Waals surface area contributed by atoms with E-state index in [1.807, 2.05) is 30.3 Å². The van der Waals surface area contributed by atoms with E-state index < -0.39 is 0 Å². The molecule has 0 saturated carbocycles. The first-order chi connectivity index (χ1) is 11.7. The van der Waals surface area contributed by atoms with Crippen LogP contribution >= 0.6 is 23.2 Å². The Morgan fingerprint density at radius 1 is 0.875 bits per heavy atom. The third-order valence-electron chi connectivity index (χ3n) is 4.45. The van der Waals surface area contributed by atoms with Crippen molar-refractivity contribution >= 4 is 23.2 Å². The van der Waals surface area contributed by atoms with Crippen molar-refractivity contribution in [3.8, 4) is 5.75 Å². The maximum Gasteiger partial charge on any atom is 0.119 e. The molecule has 0 N–H and O–H groups in total. The first kappa shape index (κ1) is 17.6. The van der Waals surface area contributed by atoms with Crippen LogP contribution in [0.1, 0.15) is 11.1 Å². The molecule has 3 rings (SSSR count). The zero-order valence-electron chi connectivity index (χ0n) is 13.8. The van der Waals surface area contributed by atoms with Gasteiger partial charge < -0.3 is 4.74 Å². The molecular weight excluding hydrogens is 343 g/mol. The zero-order valence-corrected chi connectivity index (χ0v) is 15.4. The predicted octanol–water partition coefficient (Wildman–Crippen LogP) is 4.32. The van der Waals surface area contributed by atoms with Crippen LogP contribution in [0.3, 0.4) is 0 Å². The Labute approximate surface area is 153 Å². The van der Waals surface area contributed by atoms with Crippen LogP contribution in [0.2, 0.25) is 10.0 Å². The summed E-state index contributed by atoms with van der Waals surface area (Å²) in [5, 5.41) is 1.50. The number of rotatable bonds is 5. The van der Waals surface area contributed by atoms with Crippen LogP contribution in [0.15, 0.2) is 42.5 Å². The van der Waals surface area contributed by atoms with E-state index in [0.29, 0.717) is 0 Å². The average molecular weight is 365 g/mol. The van der Waals surface area contributed by atoms with Crippen molar-refractivity contribution in [1.29, 1.82) is 0 Å². The number of nitrogens with zero attached hydrogens (tertiary/aromatic N) is 2. The molecular formula is C19H22Cl2N2O. The monoisotopic (exact) mass is 364 g/mol. The molecule has 128 valence electrons. The highest BCUT2D eigenvalue weighted by Crippen LogP contribution is 2.26. The maximum absolute atomic E-state index is 6.28. The molecule has 2 aromatic carbocycles. The second-order valence-electron chi connectivity index (χ2n) is 6.10. The van der Waals surface area contributed by atoms with Gasteiger partial charge in [-0.1, -0.05) is 41.4 Å². The van der Waals surface area contributed by atoms with E-state index in [1.54, 1.807) is 7.11 Å². The number of halogens is 2. The highest BCUT2D eigenvalue weighted by atomic mass is 35.5.